The quantitative estimate of drug-likeness (QED) is 0.861. The van der Waals surface area contributed by atoms with Crippen LogP contribution in [0.15, 0.2) is 23.2 Å². The number of pyridine rings is 1. The van der Waals surface area contributed by atoms with Crippen molar-refractivity contribution in [3.05, 3.63) is 18.3 Å². The monoisotopic (exact) mass is 284 g/mol. The highest BCUT2D eigenvalue weighted by molar-refractivity contribution is 7.89. The van der Waals surface area contributed by atoms with Crippen LogP contribution in [0.5, 0.6) is 0 Å². The van der Waals surface area contributed by atoms with Crippen molar-refractivity contribution in [3.63, 3.8) is 0 Å². The molecule has 0 saturated carbocycles. The Morgan fingerprint density at radius 3 is 2.26 bits per heavy atom. The zero-order valence-electron chi connectivity index (χ0n) is 11.3. The summed E-state index contributed by atoms with van der Waals surface area (Å²) < 4.78 is 22.3. The molecule has 0 aliphatic carbocycles. The smallest absolute Gasteiger partial charge is 0.239 e. The molecule has 1 fully saturated rings. The summed E-state index contributed by atoms with van der Waals surface area (Å²) >= 11 is 0. The summed E-state index contributed by atoms with van der Waals surface area (Å²) in [5, 5.41) is 5.05. The summed E-state index contributed by atoms with van der Waals surface area (Å²) in [6.45, 7) is 8.18. The summed E-state index contributed by atoms with van der Waals surface area (Å²) in [7, 11) is -3.66. The van der Waals surface area contributed by atoms with Crippen LogP contribution in [0.4, 0.5) is 5.82 Å². The second-order valence-corrected chi connectivity index (χ2v) is 6.58. The Labute approximate surface area is 114 Å². The standard InChI is InChI=1S/C12H20N4O2S/c1-10(2)15-5-7-16(8-6-15)12-4-3-11(9-14-12)19(13,17)18/h3-4,9-10H,5-8H2,1-2H3,(H2,13,17,18). The van der Waals surface area contributed by atoms with E-state index in [9.17, 15) is 8.42 Å². The second-order valence-electron chi connectivity index (χ2n) is 5.01. The van der Waals surface area contributed by atoms with Gasteiger partial charge < -0.3 is 4.90 Å². The van der Waals surface area contributed by atoms with Gasteiger partial charge >= 0.3 is 0 Å². The number of sulfonamides is 1. The van der Waals surface area contributed by atoms with Crippen molar-refractivity contribution in [2.45, 2.75) is 24.8 Å². The van der Waals surface area contributed by atoms with Crippen molar-refractivity contribution in [2.75, 3.05) is 31.1 Å². The number of hydrogen-bond acceptors (Lipinski definition) is 5. The molecule has 7 heteroatoms. The average Bonchev–Trinajstić information content (AvgIpc) is 2.38. The molecule has 0 unspecified atom stereocenters. The average molecular weight is 284 g/mol. The number of anilines is 1. The summed E-state index contributed by atoms with van der Waals surface area (Å²) in [4.78, 5) is 8.81. The van der Waals surface area contributed by atoms with Crippen LogP contribution in [0.25, 0.3) is 0 Å². The van der Waals surface area contributed by atoms with Crippen molar-refractivity contribution < 1.29 is 8.42 Å². The lowest BCUT2D eigenvalue weighted by atomic mass is 10.2. The van der Waals surface area contributed by atoms with Crippen LogP contribution in [0.1, 0.15) is 13.8 Å². The van der Waals surface area contributed by atoms with Crippen LogP contribution in [0, 0.1) is 0 Å². The fraction of sp³-hybridized carbons (Fsp3) is 0.583. The Bertz CT molecular complexity index is 519. The van der Waals surface area contributed by atoms with Crippen molar-refractivity contribution in [1.29, 1.82) is 0 Å². The van der Waals surface area contributed by atoms with E-state index in [4.69, 9.17) is 5.14 Å². The summed E-state index contributed by atoms with van der Waals surface area (Å²) in [5.41, 5.74) is 0. The Kier molecular flexibility index (Phi) is 4.07. The molecule has 0 amide bonds. The first-order valence-corrected chi connectivity index (χ1v) is 7.90. The molecule has 106 valence electrons. The fourth-order valence-electron chi connectivity index (χ4n) is 2.20. The van der Waals surface area contributed by atoms with Crippen LogP contribution in [0.2, 0.25) is 0 Å². The third-order valence-corrected chi connectivity index (χ3v) is 4.32. The van der Waals surface area contributed by atoms with Gasteiger partial charge in [0.2, 0.25) is 10.0 Å². The molecule has 1 aliphatic heterocycles. The molecule has 0 aromatic carbocycles. The van der Waals surface area contributed by atoms with Gasteiger partial charge in [0.1, 0.15) is 10.7 Å². The van der Waals surface area contributed by atoms with E-state index >= 15 is 0 Å². The maximum Gasteiger partial charge on any atom is 0.239 e. The minimum Gasteiger partial charge on any atom is -0.354 e. The Balaban J connectivity index is 2.04. The molecule has 2 heterocycles. The largest absolute Gasteiger partial charge is 0.354 e. The molecule has 1 saturated heterocycles. The highest BCUT2D eigenvalue weighted by Gasteiger charge is 2.20. The SMILES string of the molecule is CC(C)N1CCN(c2ccc(S(N)(=O)=O)cn2)CC1. The molecule has 6 nitrogen and oxygen atoms in total. The number of aromatic nitrogens is 1. The van der Waals surface area contributed by atoms with Crippen LogP contribution < -0.4 is 10.0 Å². The van der Waals surface area contributed by atoms with E-state index < -0.39 is 10.0 Å². The van der Waals surface area contributed by atoms with Gasteiger partial charge in [0, 0.05) is 38.4 Å². The van der Waals surface area contributed by atoms with Crippen molar-refractivity contribution in [2.24, 2.45) is 5.14 Å². The number of nitrogens with two attached hydrogens (primary N) is 1. The highest BCUT2D eigenvalue weighted by Crippen LogP contribution is 2.16. The minimum atomic E-state index is -3.66. The number of hydrogen-bond donors (Lipinski definition) is 1. The van der Waals surface area contributed by atoms with Gasteiger partial charge in [0.15, 0.2) is 0 Å². The van der Waals surface area contributed by atoms with E-state index in [-0.39, 0.29) is 4.90 Å². The molecule has 1 aromatic rings. The zero-order chi connectivity index (χ0) is 14.0. The van der Waals surface area contributed by atoms with E-state index in [1.807, 2.05) is 0 Å². The van der Waals surface area contributed by atoms with Gasteiger partial charge in [0.25, 0.3) is 0 Å². The van der Waals surface area contributed by atoms with Gasteiger partial charge in [-0.15, -0.1) is 0 Å². The Morgan fingerprint density at radius 1 is 1.21 bits per heavy atom. The normalized spacial score (nSPS) is 18.0. The van der Waals surface area contributed by atoms with Gasteiger partial charge in [-0.05, 0) is 26.0 Å². The van der Waals surface area contributed by atoms with Crippen molar-refractivity contribution in [3.8, 4) is 0 Å². The Hall–Kier alpha value is -1.18. The molecule has 2 N–H and O–H groups in total. The number of piperazine rings is 1. The van der Waals surface area contributed by atoms with Crippen LogP contribution in [0.3, 0.4) is 0 Å². The second kappa shape index (κ2) is 5.44. The molecular weight excluding hydrogens is 264 g/mol. The third kappa shape index (κ3) is 3.43. The molecule has 1 aromatic heterocycles. The molecule has 0 atom stereocenters. The molecule has 0 bridgehead atoms. The van der Waals surface area contributed by atoms with E-state index in [0.717, 1.165) is 32.0 Å². The summed E-state index contributed by atoms with van der Waals surface area (Å²) in [6, 6.07) is 3.77. The molecule has 1 aliphatic rings. The molecule has 2 rings (SSSR count). The lowest BCUT2D eigenvalue weighted by Gasteiger charge is -2.37. The first kappa shape index (κ1) is 14.2. The maximum atomic E-state index is 11.2. The third-order valence-electron chi connectivity index (χ3n) is 3.42. The van der Waals surface area contributed by atoms with E-state index in [1.165, 1.54) is 12.3 Å². The van der Waals surface area contributed by atoms with E-state index in [2.05, 4.69) is 28.6 Å². The van der Waals surface area contributed by atoms with Crippen LogP contribution in [-0.2, 0) is 10.0 Å². The molecular formula is C12H20N4O2S. The molecule has 0 spiro atoms. The van der Waals surface area contributed by atoms with Gasteiger partial charge in [-0.25, -0.2) is 18.5 Å². The van der Waals surface area contributed by atoms with Gasteiger partial charge in [-0.1, -0.05) is 0 Å². The van der Waals surface area contributed by atoms with E-state index in [1.54, 1.807) is 6.07 Å². The lowest BCUT2D eigenvalue weighted by molar-refractivity contribution is 0.209. The van der Waals surface area contributed by atoms with Crippen molar-refractivity contribution >= 4 is 15.8 Å². The van der Waals surface area contributed by atoms with Gasteiger partial charge in [0.05, 0.1) is 0 Å². The molecule has 19 heavy (non-hydrogen) atoms. The number of rotatable bonds is 3. The summed E-state index contributed by atoms with van der Waals surface area (Å²) in [5.74, 6) is 0.802. The molecule has 0 radical (unpaired) electrons. The first-order chi connectivity index (χ1) is 8.88. The fourth-order valence-corrected chi connectivity index (χ4v) is 2.65. The maximum absolute atomic E-state index is 11.2. The lowest BCUT2D eigenvalue weighted by Crippen LogP contribution is -2.49. The Morgan fingerprint density at radius 2 is 1.84 bits per heavy atom. The van der Waals surface area contributed by atoms with Crippen molar-refractivity contribution in [1.82, 2.24) is 9.88 Å². The van der Waals surface area contributed by atoms with Crippen LogP contribution >= 0.6 is 0 Å². The van der Waals surface area contributed by atoms with Gasteiger partial charge in [-0.3, -0.25) is 4.90 Å². The number of nitrogens with zero attached hydrogens (tertiary/aromatic N) is 3. The predicted octanol–water partition coefficient (Wildman–Crippen LogP) is 0.259. The highest BCUT2D eigenvalue weighted by atomic mass is 32.2. The van der Waals surface area contributed by atoms with Crippen LogP contribution in [-0.4, -0.2) is 50.5 Å². The predicted molar refractivity (Wildman–Crippen MR) is 74.5 cm³/mol. The first-order valence-electron chi connectivity index (χ1n) is 6.36. The zero-order valence-corrected chi connectivity index (χ0v) is 12.1. The topological polar surface area (TPSA) is 79.5 Å². The minimum absolute atomic E-state index is 0.0528. The summed E-state index contributed by atoms with van der Waals surface area (Å²) in [6.07, 6.45) is 1.32. The van der Waals surface area contributed by atoms with Gasteiger partial charge in [-0.2, -0.15) is 0 Å². The van der Waals surface area contributed by atoms with E-state index in [0.29, 0.717) is 6.04 Å². The number of primary sulfonamides is 1.